The van der Waals surface area contributed by atoms with Gasteiger partial charge in [-0.05, 0) is 48.4 Å². The van der Waals surface area contributed by atoms with E-state index in [1.807, 2.05) is 49.4 Å². The first-order valence-corrected chi connectivity index (χ1v) is 10.6. The van der Waals surface area contributed by atoms with E-state index < -0.39 is 6.04 Å². The summed E-state index contributed by atoms with van der Waals surface area (Å²) < 4.78 is 10.8. The molecule has 3 aromatic carbocycles. The van der Waals surface area contributed by atoms with Gasteiger partial charge in [-0.25, -0.2) is 5.43 Å². The predicted octanol–water partition coefficient (Wildman–Crippen LogP) is 4.11. The van der Waals surface area contributed by atoms with Crippen LogP contribution in [0.5, 0.6) is 11.5 Å². The van der Waals surface area contributed by atoms with E-state index in [1.165, 1.54) is 6.21 Å². The molecule has 0 unspecified atom stereocenters. The van der Waals surface area contributed by atoms with Crippen molar-refractivity contribution in [3.63, 3.8) is 0 Å². The number of benzene rings is 3. The number of hydrogen-bond acceptors (Lipinski definition) is 5. The molecular weight excluding hydrogens is 418 g/mol. The number of nitrogens with one attached hydrogen (secondary N) is 2. The molecule has 0 aliphatic heterocycles. The smallest absolute Gasteiger partial charge is 0.251 e. The Hall–Kier alpha value is -4.13. The van der Waals surface area contributed by atoms with Crippen LogP contribution in [-0.2, 0) is 4.79 Å². The Bertz CT molecular complexity index is 1090. The fourth-order valence-corrected chi connectivity index (χ4v) is 3.22. The van der Waals surface area contributed by atoms with Gasteiger partial charge in [0.2, 0.25) is 5.91 Å². The lowest BCUT2D eigenvalue weighted by molar-refractivity contribution is -0.121. The van der Waals surface area contributed by atoms with Gasteiger partial charge in [0.15, 0.2) is 11.5 Å². The Morgan fingerprint density at radius 3 is 2.33 bits per heavy atom. The number of methoxy groups -OCH3 is 1. The second-order valence-electron chi connectivity index (χ2n) is 7.14. The molecule has 2 N–H and O–H groups in total. The molecule has 0 aliphatic carbocycles. The molecule has 2 amide bonds. The first kappa shape index (κ1) is 23.5. The number of hydrazone groups is 1. The minimum atomic E-state index is -0.500. The largest absolute Gasteiger partial charge is 0.493 e. The number of hydrogen-bond donors (Lipinski definition) is 2. The molecule has 7 nitrogen and oxygen atoms in total. The number of carbonyl (C=O) groups is 2. The second-order valence-corrected chi connectivity index (χ2v) is 7.14. The molecule has 0 heterocycles. The molecule has 0 radical (unpaired) electrons. The lowest BCUT2D eigenvalue weighted by atomic mass is 10.0. The average molecular weight is 446 g/mol. The minimum Gasteiger partial charge on any atom is -0.493 e. The zero-order valence-electron chi connectivity index (χ0n) is 18.7. The van der Waals surface area contributed by atoms with Gasteiger partial charge in [-0.1, -0.05) is 48.5 Å². The SMILES string of the molecule is CCOc1ccc(/C=N\NC(=O)C[C@@H](NC(=O)c2ccccc2)c2ccccc2)cc1OC. The molecule has 0 aromatic heterocycles. The van der Waals surface area contributed by atoms with Crippen molar-refractivity contribution >= 4 is 18.0 Å². The van der Waals surface area contributed by atoms with Crippen LogP contribution in [0.25, 0.3) is 0 Å². The van der Waals surface area contributed by atoms with Crippen molar-refractivity contribution in [3.05, 3.63) is 95.6 Å². The third-order valence-corrected chi connectivity index (χ3v) is 4.82. The molecule has 0 saturated heterocycles. The van der Waals surface area contributed by atoms with E-state index in [0.29, 0.717) is 23.7 Å². The van der Waals surface area contributed by atoms with Crippen LogP contribution >= 0.6 is 0 Å². The van der Waals surface area contributed by atoms with Crippen molar-refractivity contribution in [2.75, 3.05) is 13.7 Å². The summed E-state index contributed by atoms with van der Waals surface area (Å²) in [5.41, 5.74) is 4.63. The summed E-state index contributed by atoms with van der Waals surface area (Å²) in [5, 5.41) is 6.98. The molecule has 33 heavy (non-hydrogen) atoms. The summed E-state index contributed by atoms with van der Waals surface area (Å²) in [4.78, 5) is 25.2. The Morgan fingerprint density at radius 1 is 0.970 bits per heavy atom. The molecule has 7 heteroatoms. The number of nitrogens with zero attached hydrogens (tertiary/aromatic N) is 1. The van der Waals surface area contributed by atoms with Crippen LogP contribution in [0.3, 0.4) is 0 Å². The molecular formula is C26H27N3O4. The normalized spacial score (nSPS) is 11.6. The van der Waals surface area contributed by atoms with Crippen LogP contribution in [0.4, 0.5) is 0 Å². The van der Waals surface area contributed by atoms with Gasteiger partial charge < -0.3 is 14.8 Å². The van der Waals surface area contributed by atoms with E-state index in [1.54, 1.807) is 43.5 Å². The van der Waals surface area contributed by atoms with Crippen molar-refractivity contribution in [1.82, 2.24) is 10.7 Å². The van der Waals surface area contributed by atoms with Gasteiger partial charge in [0, 0.05) is 5.56 Å². The minimum absolute atomic E-state index is 0.0343. The van der Waals surface area contributed by atoms with Crippen LogP contribution in [0.2, 0.25) is 0 Å². The Balaban J connectivity index is 1.65. The summed E-state index contributed by atoms with van der Waals surface area (Å²) in [6.07, 6.45) is 1.56. The van der Waals surface area contributed by atoms with E-state index in [0.717, 1.165) is 11.1 Å². The number of rotatable bonds is 10. The number of amides is 2. The molecule has 0 bridgehead atoms. The van der Waals surface area contributed by atoms with Crippen molar-refractivity contribution in [2.24, 2.45) is 5.10 Å². The van der Waals surface area contributed by atoms with E-state index in [9.17, 15) is 9.59 Å². The van der Waals surface area contributed by atoms with E-state index in [4.69, 9.17) is 9.47 Å². The quantitative estimate of drug-likeness (QED) is 0.363. The monoisotopic (exact) mass is 445 g/mol. The van der Waals surface area contributed by atoms with Gasteiger partial charge in [0.05, 0.1) is 32.4 Å². The molecule has 0 aliphatic rings. The van der Waals surface area contributed by atoms with Gasteiger partial charge in [-0.3, -0.25) is 9.59 Å². The van der Waals surface area contributed by atoms with Crippen molar-refractivity contribution in [2.45, 2.75) is 19.4 Å². The summed E-state index contributed by atoms with van der Waals surface area (Å²) in [6, 6.07) is 23.1. The fraction of sp³-hybridized carbons (Fsp3) is 0.192. The van der Waals surface area contributed by atoms with Crippen LogP contribution in [0, 0.1) is 0 Å². The van der Waals surface area contributed by atoms with Gasteiger partial charge in [0.25, 0.3) is 5.91 Å². The maximum atomic E-state index is 12.6. The zero-order chi connectivity index (χ0) is 23.5. The summed E-state index contributed by atoms with van der Waals surface area (Å²) in [6.45, 7) is 2.43. The molecule has 0 saturated carbocycles. The molecule has 0 fully saturated rings. The molecule has 0 spiro atoms. The van der Waals surface area contributed by atoms with Crippen LogP contribution in [0.1, 0.15) is 40.9 Å². The van der Waals surface area contributed by atoms with Gasteiger partial charge in [-0.2, -0.15) is 5.10 Å². The fourth-order valence-electron chi connectivity index (χ4n) is 3.22. The lowest BCUT2D eigenvalue weighted by Gasteiger charge is -2.18. The van der Waals surface area contributed by atoms with Crippen LogP contribution in [-0.4, -0.2) is 31.7 Å². The zero-order valence-corrected chi connectivity index (χ0v) is 18.7. The molecule has 3 rings (SSSR count). The highest BCUT2D eigenvalue weighted by molar-refractivity contribution is 5.94. The topological polar surface area (TPSA) is 89.0 Å². The highest BCUT2D eigenvalue weighted by Gasteiger charge is 2.19. The maximum Gasteiger partial charge on any atom is 0.251 e. The van der Waals surface area contributed by atoms with Crippen molar-refractivity contribution < 1.29 is 19.1 Å². The highest BCUT2D eigenvalue weighted by atomic mass is 16.5. The average Bonchev–Trinajstić information content (AvgIpc) is 2.85. The first-order chi connectivity index (χ1) is 16.1. The van der Waals surface area contributed by atoms with E-state index in [2.05, 4.69) is 15.8 Å². The summed E-state index contributed by atoms with van der Waals surface area (Å²) in [7, 11) is 1.56. The third-order valence-electron chi connectivity index (χ3n) is 4.82. The Kier molecular flexibility index (Phi) is 8.59. The van der Waals surface area contributed by atoms with Crippen LogP contribution in [0.15, 0.2) is 84.0 Å². The molecule has 170 valence electrons. The van der Waals surface area contributed by atoms with E-state index in [-0.39, 0.29) is 18.2 Å². The van der Waals surface area contributed by atoms with Gasteiger partial charge >= 0.3 is 0 Å². The number of carbonyl (C=O) groups excluding carboxylic acids is 2. The number of ether oxygens (including phenoxy) is 2. The van der Waals surface area contributed by atoms with Gasteiger partial charge in [-0.15, -0.1) is 0 Å². The third kappa shape index (κ3) is 6.93. The van der Waals surface area contributed by atoms with Gasteiger partial charge in [0.1, 0.15) is 0 Å². The standard InChI is InChI=1S/C26H27N3O4/c1-3-33-23-15-14-19(16-24(23)32-2)18-27-29-25(30)17-22(20-10-6-4-7-11-20)28-26(31)21-12-8-5-9-13-21/h4-16,18,22H,3,17H2,1-2H3,(H,28,31)(H,29,30)/b27-18-/t22-/m1/s1. The van der Waals surface area contributed by atoms with Crippen LogP contribution < -0.4 is 20.2 Å². The second kappa shape index (κ2) is 12.0. The van der Waals surface area contributed by atoms with Crippen molar-refractivity contribution in [1.29, 1.82) is 0 Å². The maximum absolute atomic E-state index is 12.6. The predicted molar refractivity (Wildman–Crippen MR) is 128 cm³/mol. The Morgan fingerprint density at radius 2 is 1.67 bits per heavy atom. The lowest BCUT2D eigenvalue weighted by Crippen LogP contribution is -2.32. The molecule has 1 atom stereocenters. The highest BCUT2D eigenvalue weighted by Crippen LogP contribution is 2.27. The van der Waals surface area contributed by atoms with E-state index >= 15 is 0 Å². The first-order valence-electron chi connectivity index (χ1n) is 10.6. The summed E-state index contributed by atoms with van der Waals surface area (Å²) in [5.74, 6) is 0.648. The van der Waals surface area contributed by atoms with Crippen molar-refractivity contribution in [3.8, 4) is 11.5 Å². The molecule has 3 aromatic rings. The summed E-state index contributed by atoms with van der Waals surface area (Å²) >= 11 is 0. The Labute approximate surface area is 193 Å².